The van der Waals surface area contributed by atoms with Crippen molar-refractivity contribution in [2.45, 2.75) is 0 Å². The van der Waals surface area contributed by atoms with Crippen LogP contribution < -0.4 is 5.43 Å². The summed E-state index contributed by atoms with van der Waals surface area (Å²) in [4.78, 5) is 6.66. The number of nitrogens with zero attached hydrogens (tertiary/aromatic N) is 3. The largest absolute Gasteiger partial charge is 0.479 e. The number of hydrazone groups is 1. The Labute approximate surface area is 89.5 Å². The topological polar surface area (TPSA) is 83.5 Å². The Hall–Kier alpha value is -2.44. The van der Waals surface area contributed by atoms with Crippen LogP contribution in [0.3, 0.4) is 0 Å². The molecule has 7 heteroatoms. The van der Waals surface area contributed by atoms with E-state index < -0.39 is 11.8 Å². The number of nitrogens with one attached hydrogen (secondary N) is 1. The molecule has 0 bridgehead atoms. The first kappa shape index (κ1) is 10.1. The molecule has 0 unspecified atom stereocenters. The molecule has 0 aliphatic heterocycles. The molecule has 0 aliphatic carbocycles. The highest BCUT2D eigenvalue weighted by Crippen LogP contribution is 2.11. The maximum Gasteiger partial charge on any atom is 0.316 e. The molecule has 2 aromatic rings. The van der Waals surface area contributed by atoms with Crippen molar-refractivity contribution in [3.8, 4) is 6.01 Å². The van der Waals surface area contributed by atoms with Crippen LogP contribution in [0.2, 0.25) is 0 Å². The second kappa shape index (κ2) is 4.39. The number of anilines is 1. The van der Waals surface area contributed by atoms with E-state index in [0.29, 0.717) is 5.76 Å². The van der Waals surface area contributed by atoms with E-state index in [-0.39, 0.29) is 5.82 Å². The third-order valence-electron chi connectivity index (χ3n) is 1.64. The van der Waals surface area contributed by atoms with Gasteiger partial charge in [0, 0.05) is 0 Å². The fourth-order valence-corrected chi connectivity index (χ4v) is 0.958. The van der Waals surface area contributed by atoms with E-state index in [9.17, 15) is 4.39 Å². The Morgan fingerprint density at radius 3 is 3.19 bits per heavy atom. The zero-order chi connectivity index (χ0) is 11.4. The summed E-state index contributed by atoms with van der Waals surface area (Å²) >= 11 is 0. The monoisotopic (exact) mass is 222 g/mol. The van der Waals surface area contributed by atoms with E-state index in [4.69, 9.17) is 9.52 Å². The normalized spacial score (nSPS) is 10.8. The van der Waals surface area contributed by atoms with Gasteiger partial charge in [0.15, 0.2) is 11.6 Å². The zero-order valence-electron chi connectivity index (χ0n) is 7.96. The molecule has 82 valence electrons. The van der Waals surface area contributed by atoms with Crippen molar-refractivity contribution >= 4 is 12.0 Å². The third-order valence-corrected chi connectivity index (χ3v) is 1.64. The zero-order valence-corrected chi connectivity index (χ0v) is 7.96. The lowest BCUT2D eigenvalue weighted by Crippen LogP contribution is -1.97. The third kappa shape index (κ3) is 2.32. The predicted octanol–water partition coefficient (Wildman–Crippen LogP) is 1.36. The van der Waals surface area contributed by atoms with Crippen molar-refractivity contribution in [1.29, 1.82) is 0 Å². The predicted molar refractivity (Wildman–Crippen MR) is 53.6 cm³/mol. The summed E-state index contributed by atoms with van der Waals surface area (Å²) in [6.45, 7) is 0. The van der Waals surface area contributed by atoms with Gasteiger partial charge in [-0.15, -0.1) is 0 Å². The average molecular weight is 222 g/mol. The lowest BCUT2D eigenvalue weighted by molar-refractivity contribution is 0.426. The highest BCUT2D eigenvalue weighted by molar-refractivity contribution is 5.76. The molecule has 6 nitrogen and oxygen atoms in total. The Balaban J connectivity index is 2.07. The van der Waals surface area contributed by atoms with Crippen LogP contribution in [-0.2, 0) is 0 Å². The summed E-state index contributed by atoms with van der Waals surface area (Å²) in [6.07, 6.45) is 3.67. The average Bonchev–Trinajstić information content (AvgIpc) is 2.76. The van der Waals surface area contributed by atoms with Gasteiger partial charge in [0.05, 0.1) is 18.7 Å². The number of hydrogen-bond donors (Lipinski definition) is 2. The maximum absolute atomic E-state index is 13.0. The number of rotatable bonds is 3. The molecule has 16 heavy (non-hydrogen) atoms. The summed E-state index contributed by atoms with van der Waals surface area (Å²) in [5, 5.41) is 12.6. The Bertz CT molecular complexity index is 498. The summed E-state index contributed by atoms with van der Waals surface area (Å²) in [5.41, 5.74) is 2.32. The minimum Gasteiger partial charge on any atom is -0.479 e. The summed E-state index contributed by atoms with van der Waals surface area (Å²) < 4.78 is 18.0. The van der Waals surface area contributed by atoms with Crippen LogP contribution in [0.1, 0.15) is 5.76 Å². The standard InChI is InChI=1S/C9H7FN4O2/c10-7-5-11-9(15)13-8(7)14-12-4-6-2-1-3-16-6/h1-5H,(H2,11,13,14,15)/b12-4+. The molecule has 0 atom stereocenters. The van der Waals surface area contributed by atoms with Crippen LogP contribution in [0.25, 0.3) is 0 Å². The fourth-order valence-electron chi connectivity index (χ4n) is 0.958. The van der Waals surface area contributed by atoms with Gasteiger partial charge in [-0.1, -0.05) is 0 Å². The Morgan fingerprint density at radius 1 is 1.56 bits per heavy atom. The molecule has 2 aromatic heterocycles. The maximum atomic E-state index is 13.0. The molecule has 0 amide bonds. The van der Waals surface area contributed by atoms with Crippen LogP contribution >= 0.6 is 0 Å². The second-order valence-electron chi connectivity index (χ2n) is 2.75. The smallest absolute Gasteiger partial charge is 0.316 e. The quantitative estimate of drug-likeness (QED) is 0.605. The van der Waals surface area contributed by atoms with Gasteiger partial charge in [-0.25, -0.2) is 9.37 Å². The first-order valence-corrected chi connectivity index (χ1v) is 4.30. The number of halogens is 1. The molecule has 0 radical (unpaired) electrons. The van der Waals surface area contributed by atoms with Crippen LogP contribution in [0, 0.1) is 5.82 Å². The van der Waals surface area contributed by atoms with E-state index >= 15 is 0 Å². The lowest BCUT2D eigenvalue weighted by atomic mass is 10.5. The van der Waals surface area contributed by atoms with Gasteiger partial charge in [0.1, 0.15) is 5.76 Å². The molecular formula is C9H7FN4O2. The molecule has 0 aromatic carbocycles. The first-order valence-electron chi connectivity index (χ1n) is 4.30. The summed E-state index contributed by atoms with van der Waals surface area (Å²) in [7, 11) is 0. The van der Waals surface area contributed by atoms with Gasteiger partial charge in [-0.3, -0.25) is 5.43 Å². The van der Waals surface area contributed by atoms with E-state index in [1.54, 1.807) is 12.1 Å². The van der Waals surface area contributed by atoms with E-state index in [1.165, 1.54) is 12.5 Å². The van der Waals surface area contributed by atoms with E-state index in [1.807, 2.05) is 0 Å². The van der Waals surface area contributed by atoms with Crippen LogP contribution in [-0.4, -0.2) is 21.3 Å². The molecule has 0 saturated carbocycles. The second-order valence-corrected chi connectivity index (χ2v) is 2.75. The minimum absolute atomic E-state index is 0.213. The molecule has 0 aliphatic rings. The van der Waals surface area contributed by atoms with Gasteiger partial charge >= 0.3 is 6.01 Å². The van der Waals surface area contributed by atoms with Crippen molar-refractivity contribution in [3.63, 3.8) is 0 Å². The molecule has 2 rings (SSSR count). The van der Waals surface area contributed by atoms with Crippen LogP contribution in [0.4, 0.5) is 10.2 Å². The highest BCUT2D eigenvalue weighted by atomic mass is 19.1. The summed E-state index contributed by atoms with van der Waals surface area (Å²) in [5.74, 6) is -0.420. The van der Waals surface area contributed by atoms with Crippen molar-refractivity contribution in [2.75, 3.05) is 5.43 Å². The molecule has 0 spiro atoms. The van der Waals surface area contributed by atoms with Gasteiger partial charge in [-0.05, 0) is 12.1 Å². The fraction of sp³-hybridized carbons (Fsp3) is 0. The van der Waals surface area contributed by atoms with Gasteiger partial charge in [0.25, 0.3) is 0 Å². The van der Waals surface area contributed by atoms with Gasteiger partial charge in [-0.2, -0.15) is 10.1 Å². The molecule has 2 N–H and O–H groups in total. The van der Waals surface area contributed by atoms with Crippen molar-refractivity contribution in [1.82, 2.24) is 9.97 Å². The number of furan rings is 1. The summed E-state index contributed by atoms with van der Waals surface area (Å²) in [6, 6.07) is 2.84. The first-order chi connectivity index (χ1) is 7.75. The molecule has 0 saturated heterocycles. The van der Waals surface area contributed by atoms with Gasteiger partial charge < -0.3 is 9.52 Å². The van der Waals surface area contributed by atoms with Crippen LogP contribution in [0.5, 0.6) is 6.01 Å². The van der Waals surface area contributed by atoms with E-state index in [0.717, 1.165) is 6.20 Å². The molecular weight excluding hydrogens is 215 g/mol. The number of aromatic hydroxyl groups is 1. The van der Waals surface area contributed by atoms with E-state index in [2.05, 4.69) is 20.5 Å². The van der Waals surface area contributed by atoms with Crippen molar-refractivity contribution < 1.29 is 13.9 Å². The Kier molecular flexibility index (Phi) is 2.77. The van der Waals surface area contributed by atoms with Crippen LogP contribution in [0.15, 0.2) is 34.1 Å². The lowest BCUT2D eigenvalue weighted by Gasteiger charge is -1.99. The van der Waals surface area contributed by atoms with Crippen molar-refractivity contribution in [2.24, 2.45) is 5.10 Å². The van der Waals surface area contributed by atoms with Gasteiger partial charge in [0.2, 0.25) is 0 Å². The van der Waals surface area contributed by atoms with Crippen molar-refractivity contribution in [3.05, 3.63) is 36.2 Å². The molecule has 2 heterocycles. The SMILES string of the molecule is Oc1ncc(F)c(N/N=C/c2ccco2)n1. The number of aromatic nitrogens is 2. The highest BCUT2D eigenvalue weighted by Gasteiger charge is 2.04. The Morgan fingerprint density at radius 2 is 2.44 bits per heavy atom. The molecule has 0 fully saturated rings. The minimum atomic E-state index is -0.714. The number of hydrogen-bond acceptors (Lipinski definition) is 6.